The molecule has 1 saturated heterocycles. The molecular weight excluding hydrogens is 369 g/mol. The number of hydrogen-bond donors (Lipinski definition) is 1. The Morgan fingerprint density at radius 3 is 2.31 bits per heavy atom. The van der Waals surface area contributed by atoms with Gasteiger partial charge in [0.05, 0.1) is 0 Å². The van der Waals surface area contributed by atoms with Crippen molar-refractivity contribution in [2.24, 2.45) is 0 Å². The maximum absolute atomic E-state index is 13.0. The smallest absolute Gasteiger partial charge is 0.256 e. The standard InChI is InChI=1S/C22H22FN5O/c1-16-3-2-4-19(15-16)27-11-13-28(14-12-27)21-10-9-20(25-26-21)24-22(29)17-5-7-18(23)8-6-17/h2-10,15H,11-14H2,1H3,(H,24,25,29). The Morgan fingerprint density at radius 1 is 0.931 bits per heavy atom. The molecule has 7 heteroatoms. The van der Waals surface area contributed by atoms with Crippen LogP contribution in [0.1, 0.15) is 15.9 Å². The zero-order valence-corrected chi connectivity index (χ0v) is 16.2. The molecule has 4 rings (SSSR count). The number of amides is 1. The van der Waals surface area contributed by atoms with E-state index in [9.17, 15) is 9.18 Å². The van der Waals surface area contributed by atoms with Crippen LogP contribution in [0.5, 0.6) is 0 Å². The highest BCUT2D eigenvalue weighted by atomic mass is 19.1. The number of nitrogens with one attached hydrogen (secondary N) is 1. The lowest BCUT2D eigenvalue weighted by atomic mass is 10.2. The van der Waals surface area contributed by atoms with Crippen LogP contribution in [-0.4, -0.2) is 42.3 Å². The Kier molecular flexibility index (Phi) is 5.37. The second-order valence-corrected chi connectivity index (χ2v) is 7.05. The molecule has 1 fully saturated rings. The molecule has 6 nitrogen and oxygen atoms in total. The zero-order chi connectivity index (χ0) is 20.2. The molecule has 3 aromatic rings. The molecule has 1 amide bonds. The predicted octanol–water partition coefficient (Wildman–Crippen LogP) is 3.50. The molecule has 29 heavy (non-hydrogen) atoms. The Morgan fingerprint density at radius 2 is 1.66 bits per heavy atom. The van der Waals surface area contributed by atoms with Gasteiger partial charge in [0.15, 0.2) is 11.6 Å². The summed E-state index contributed by atoms with van der Waals surface area (Å²) in [5.41, 5.74) is 2.87. The zero-order valence-electron chi connectivity index (χ0n) is 16.2. The van der Waals surface area contributed by atoms with E-state index in [4.69, 9.17) is 0 Å². The van der Waals surface area contributed by atoms with Gasteiger partial charge in [-0.25, -0.2) is 4.39 Å². The fourth-order valence-corrected chi connectivity index (χ4v) is 3.37. The van der Waals surface area contributed by atoms with Gasteiger partial charge < -0.3 is 15.1 Å². The molecule has 2 heterocycles. The Hall–Kier alpha value is -3.48. The number of carbonyl (C=O) groups is 1. The number of aryl methyl sites for hydroxylation is 1. The van der Waals surface area contributed by atoms with Gasteiger partial charge in [-0.1, -0.05) is 12.1 Å². The van der Waals surface area contributed by atoms with Crippen LogP contribution < -0.4 is 15.1 Å². The summed E-state index contributed by atoms with van der Waals surface area (Å²) in [7, 11) is 0. The molecule has 1 aliphatic heterocycles. The second-order valence-electron chi connectivity index (χ2n) is 7.05. The van der Waals surface area contributed by atoms with Gasteiger partial charge in [0.2, 0.25) is 0 Å². The van der Waals surface area contributed by atoms with E-state index in [0.29, 0.717) is 11.4 Å². The van der Waals surface area contributed by atoms with Crippen LogP contribution in [0.2, 0.25) is 0 Å². The molecular formula is C22H22FN5O. The van der Waals surface area contributed by atoms with Crippen LogP contribution >= 0.6 is 0 Å². The molecule has 0 bridgehead atoms. The molecule has 1 aliphatic rings. The Bertz CT molecular complexity index is 983. The van der Waals surface area contributed by atoms with Gasteiger partial charge in [-0.15, -0.1) is 10.2 Å². The number of benzene rings is 2. The highest BCUT2D eigenvalue weighted by Crippen LogP contribution is 2.20. The molecule has 1 N–H and O–H groups in total. The maximum Gasteiger partial charge on any atom is 0.256 e. The molecule has 2 aromatic carbocycles. The normalized spacial score (nSPS) is 14.0. The Labute approximate surface area is 169 Å². The number of nitrogens with zero attached hydrogens (tertiary/aromatic N) is 4. The van der Waals surface area contributed by atoms with Gasteiger partial charge in [0.1, 0.15) is 5.82 Å². The van der Waals surface area contributed by atoms with Crippen molar-refractivity contribution in [1.29, 1.82) is 0 Å². The van der Waals surface area contributed by atoms with Crippen molar-refractivity contribution in [3.05, 3.63) is 77.6 Å². The minimum atomic E-state index is -0.381. The van der Waals surface area contributed by atoms with Gasteiger partial charge in [0.25, 0.3) is 5.91 Å². The number of carbonyl (C=O) groups excluding carboxylic acids is 1. The van der Waals surface area contributed by atoms with E-state index in [2.05, 4.69) is 56.5 Å². The average molecular weight is 391 g/mol. The maximum atomic E-state index is 13.0. The van der Waals surface area contributed by atoms with E-state index < -0.39 is 0 Å². The number of hydrogen-bond acceptors (Lipinski definition) is 5. The highest BCUT2D eigenvalue weighted by molar-refractivity contribution is 6.03. The van der Waals surface area contributed by atoms with Gasteiger partial charge in [0, 0.05) is 37.4 Å². The quantitative estimate of drug-likeness (QED) is 0.738. The van der Waals surface area contributed by atoms with Gasteiger partial charge >= 0.3 is 0 Å². The molecule has 0 aliphatic carbocycles. The first-order chi connectivity index (χ1) is 14.1. The van der Waals surface area contributed by atoms with Crippen molar-refractivity contribution in [1.82, 2.24) is 10.2 Å². The summed E-state index contributed by atoms with van der Waals surface area (Å²) < 4.78 is 13.0. The van der Waals surface area contributed by atoms with Crippen LogP contribution in [-0.2, 0) is 0 Å². The fourth-order valence-electron chi connectivity index (χ4n) is 3.37. The van der Waals surface area contributed by atoms with E-state index in [1.54, 1.807) is 6.07 Å². The number of halogens is 1. The Balaban J connectivity index is 1.35. The summed E-state index contributed by atoms with van der Waals surface area (Å²) in [4.78, 5) is 16.7. The molecule has 1 aromatic heterocycles. The third kappa shape index (κ3) is 4.51. The molecule has 0 atom stereocenters. The average Bonchev–Trinajstić information content (AvgIpc) is 2.75. The van der Waals surface area contributed by atoms with Gasteiger partial charge in [-0.05, 0) is 61.0 Å². The monoisotopic (exact) mass is 391 g/mol. The number of piperazine rings is 1. The summed E-state index contributed by atoms with van der Waals surface area (Å²) in [6.45, 7) is 5.63. The van der Waals surface area contributed by atoms with Crippen molar-refractivity contribution in [3.63, 3.8) is 0 Å². The molecule has 0 radical (unpaired) electrons. The van der Waals surface area contributed by atoms with Crippen LogP contribution in [0.4, 0.5) is 21.7 Å². The van der Waals surface area contributed by atoms with Crippen molar-refractivity contribution < 1.29 is 9.18 Å². The second kappa shape index (κ2) is 8.26. The van der Waals surface area contributed by atoms with Crippen LogP contribution in [0, 0.1) is 12.7 Å². The molecule has 0 saturated carbocycles. The van der Waals surface area contributed by atoms with E-state index in [0.717, 1.165) is 32.0 Å². The topological polar surface area (TPSA) is 61.4 Å². The lowest BCUT2D eigenvalue weighted by molar-refractivity contribution is 0.102. The molecule has 148 valence electrons. The number of anilines is 3. The largest absolute Gasteiger partial charge is 0.368 e. The van der Waals surface area contributed by atoms with Gasteiger partial charge in [-0.3, -0.25) is 4.79 Å². The van der Waals surface area contributed by atoms with Crippen LogP contribution in [0.3, 0.4) is 0 Å². The van der Waals surface area contributed by atoms with E-state index in [1.807, 2.05) is 6.07 Å². The SMILES string of the molecule is Cc1cccc(N2CCN(c3ccc(NC(=O)c4ccc(F)cc4)nn3)CC2)c1. The third-order valence-electron chi connectivity index (χ3n) is 4.97. The van der Waals surface area contributed by atoms with Crippen molar-refractivity contribution in [3.8, 4) is 0 Å². The number of aromatic nitrogens is 2. The first-order valence-electron chi connectivity index (χ1n) is 9.56. The number of rotatable bonds is 4. The third-order valence-corrected chi connectivity index (χ3v) is 4.97. The first kappa shape index (κ1) is 18.9. The fraction of sp³-hybridized carbons (Fsp3) is 0.227. The molecule has 0 spiro atoms. The lowest BCUT2D eigenvalue weighted by Crippen LogP contribution is -2.46. The van der Waals surface area contributed by atoms with Gasteiger partial charge in [-0.2, -0.15) is 0 Å². The predicted molar refractivity (Wildman–Crippen MR) is 112 cm³/mol. The van der Waals surface area contributed by atoms with Crippen LogP contribution in [0.25, 0.3) is 0 Å². The van der Waals surface area contributed by atoms with Crippen molar-refractivity contribution >= 4 is 23.2 Å². The van der Waals surface area contributed by atoms with E-state index >= 15 is 0 Å². The van der Waals surface area contributed by atoms with E-state index in [-0.39, 0.29) is 11.7 Å². The summed E-state index contributed by atoms with van der Waals surface area (Å²) in [6, 6.07) is 17.5. The summed E-state index contributed by atoms with van der Waals surface area (Å²) in [6.07, 6.45) is 0. The highest BCUT2D eigenvalue weighted by Gasteiger charge is 2.19. The van der Waals surface area contributed by atoms with Crippen LogP contribution in [0.15, 0.2) is 60.7 Å². The summed E-state index contributed by atoms with van der Waals surface area (Å²) in [5.74, 6) is 0.419. The lowest BCUT2D eigenvalue weighted by Gasteiger charge is -2.36. The minimum Gasteiger partial charge on any atom is -0.368 e. The van der Waals surface area contributed by atoms with E-state index in [1.165, 1.54) is 35.5 Å². The first-order valence-corrected chi connectivity index (χ1v) is 9.56. The van der Waals surface area contributed by atoms with Crippen molar-refractivity contribution in [2.75, 3.05) is 41.3 Å². The summed E-state index contributed by atoms with van der Waals surface area (Å²) >= 11 is 0. The molecule has 0 unspecified atom stereocenters. The minimum absolute atomic E-state index is 0.348. The summed E-state index contributed by atoms with van der Waals surface area (Å²) in [5, 5.41) is 11.1. The van der Waals surface area contributed by atoms with Crippen molar-refractivity contribution in [2.45, 2.75) is 6.92 Å².